The summed E-state index contributed by atoms with van der Waals surface area (Å²) in [5.41, 5.74) is 1.76. The van der Waals surface area contributed by atoms with Gasteiger partial charge in [-0.3, -0.25) is 0 Å². The number of methoxy groups -OCH3 is 1. The molecular weight excluding hydrogens is 332 g/mol. The van der Waals surface area contributed by atoms with Gasteiger partial charge in [-0.05, 0) is 54.6 Å². The lowest BCUT2D eigenvalue weighted by Crippen LogP contribution is -2.20. The molecule has 5 heteroatoms. The molecule has 0 amide bonds. The molecule has 2 rings (SSSR count). The largest absolute Gasteiger partial charge is 0.504 e. The van der Waals surface area contributed by atoms with E-state index < -0.39 is 5.97 Å². The van der Waals surface area contributed by atoms with Gasteiger partial charge < -0.3 is 20.1 Å². The van der Waals surface area contributed by atoms with Crippen molar-refractivity contribution in [3.63, 3.8) is 0 Å². The van der Waals surface area contributed by atoms with Gasteiger partial charge in [0.15, 0.2) is 11.5 Å². The quantitative estimate of drug-likeness (QED) is 0.496. The van der Waals surface area contributed by atoms with Crippen molar-refractivity contribution in [2.45, 2.75) is 64.7 Å². The normalized spacial score (nSPS) is 21.7. The molecule has 1 aromatic carbocycles. The fourth-order valence-corrected chi connectivity index (χ4v) is 4.18. The molecule has 4 atom stereocenters. The van der Waals surface area contributed by atoms with Crippen molar-refractivity contribution in [3.8, 4) is 11.5 Å². The number of phenols is 2. The molecule has 0 saturated heterocycles. The lowest BCUT2D eigenvalue weighted by molar-refractivity contribution is 0.0596. The van der Waals surface area contributed by atoms with E-state index in [4.69, 9.17) is 4.74 Å². The van der Waals surface area contributed by atoms with Crippen molar-refractivity contribution in [3.05, 3.63) is 22.8 Å². The molecule has 146 valence electrons. The molecule has 0 fully saturated rings. The minimum Gasteiger partial charge on any atom is -0.504 e. The minimum absolute atomic E-state index is 0.0314. The number of aromatic hydroxyl groups is 2. The summed E-state index contributed by atoms with van der Waals surface area (Å²) in [6, 6.07) is 1.71. The first-order chi connectivity index (χ1) is 12.3. The Morgan fingerprint density at radius 2 is 1.92 bits per heavy atom. The molecule has 26 heavy (non-hydrogen) atoms. The topological polar surface area (TPSA) is 87.0 Å². The van der Waals surface area contributed by atoms with Gasteiger partial charge in [0.2, 0.25) is 0 Å². The Bertz CT molecular complexity index is 640. The third-order valence-electron chi connectivity index (χ3n) is 5.91. The van der Waals surface area contributed by atoms with Crippen molar-refractivity contribution in [1.82, 2.24) is 0 Å². The number of hydrogen-bond acceptors (Lipinski definition) is 5. The lowest BCUT2D eigenvalue weighted by atomic mass is 9.70. The van der Waals surface area contributed by atoms with Gasteiger partial charge in [-0.1, -0.05) is 33.6 Å². The lowest BCUT2D eigenvalue weighted by Gasteiger charge is -2.35. The summed E-state index contributed by atoms with van der Waals surface area (Å²) in [6.45, 7) is 6.51. The highest BCUT2D eigenvalue weighted by Gasteiger charge is 2.34. The average Bonchev–Trinajstić information content (AvgIpc) is 2.63. The molecule has 0 heterocycles. The summed E-state index contributed by atoms with van der Waals surface area (Å²) in [6.07, 6.45) is 5.00. The summed E-state index contributed by atoms with van der Waals surface area (Å²) in [5, 5.41) is 30.0. The Balaban J connectivity index is 2.32. The number of carbonyl (C=O) groups excluding carboxylic acids is 1. The molecule has 0 bridgehead atoms. The maximum absolute atomic E-state index is 12.0. The number of aliphatic hydroxyl groups is 1. The summed E-state index contributed by atoms with van der Waals surface area (Å²) in [7, 11) is 1.27. The van der Waals surface area contributed by atoms with Gasteiger partial charge in [-0.15, -0.1) is 0 Å². The Hall–Kier alpha value is -1.75. The van der Waals surface area contributed by atoms with Gasteiger partial charge in [0.25, 0.3) is 0 Å². The van der Waals surface area contributed by atoms with E-state index in [2.05, 4.69) is 6.92 Å². The van der Waals surface area contributed by atoms with Gasteiger partial charge in [-0.2, -0.15) is 0 Å². The fourth-order valence-electron chi connectivity index (χ4n) is 4.18. The average molecular weight is 364 g/mol. The fraction of sp³-hybridized carbons (Fsp3) is 0.667. The summed E-state index contributed by atoms with van der Waals surface area (Å²) in [5.74, 6) is -0.119. The molecule has 0 unspecified atom stereocenters. The van der Waals surface area contributed by atoms with E-state index in [-0.39, 0.29) is 35.5 Å². The summed E-state index contributed by atoms with van der Waals surface area (Å²) < 4.78 is 4.76. The molecule has 1 aliphatic rings. The van der Waals surface area contributed by atoms with Crippen LogP contribution < -0.4 is 0 Å². The highest BCUT2D eigenvalue weighted by Crippen LogP contribution is 2.50. The smallest absolute Gasteiger partial charge is 0.341 e. The molecule has 0 aromatic heterocycles. The number of hydrogen-bond donors (Lipinski definition) is 3. The predicted molar refractivity (Wildman–Crippen MR) is 101 cm³/mol. The number of rotatable bonds is 7. The van der Waals surface area contributed by atoms with E-state index in [1.807, 2.05) is 13.8 Å². The molecule has 1 aliphatic carbocycles. The van der Waals surface area contributed by atoms with Crippen LogP contribution >= 0.6 is 0 Å². The Kier molecular flexibility index (Phi) is 6.93. The van der Waals surface area contributed by atoms with Crippen LogP contribution in [0.5, 0.6) is 11.5 Å². The first kappa shape index (κ1) is 20.6. The van der Waals surface area contributed by atoms with E-state index in [0.717, 1.165) is 43.2 Å². The maximum atomic E-state index is 12.0. The molecular formula is C21H32O5. The zero-order chi connectivity index (χ0) is 19.4. The van der Waals surface area contributed by atoms with Crippen LogP contribution in [0.25, 0.3) is 0 Å². The highest BCUT2D eigenvalue weighted by molar-refractivity contribution is 5.94. The third-order valence-corrected chi connectivity index (χ3v) is 5.91. The number of phenolic OH excluding ortho intramolecular Hbond substituents is 2. The SMILES string of the molecule is COC(=O)c1cc2c(c(O)c1O)[C@H](C)CC[C@H]2[C@@H](C)CCC[C@H](C)CO. The summed E-state index contributed by atoms with van der Waals surface area (Å²) >= 11 is 0. The molecule has 0 spiro atoms. The molecule has 0 saturated carbocycles. The molecule has 0 aliphatic heterocycles. The minimum atomic E-state index is -0.637. The molecule has 0 radical (unpaired) electrons. The number of fused-ring (bicyclic) bond motifs is 1. The van der Waals surface area contributed by atoms with Crippen LogP contribution in [0.2, 0.25) is 0 Å². The third kappa shape index (κ3) is 4.14. The summed E-state index contributed by atoms with van der Waals surface area (Å²) in [4.78, 5) is 12.0. The molecule has 3 N–H and O–H groups in total. The first-order valence-corrected chi connectivity index (χ1v) is 9.59. The number of benzene rings is 1. The van der Waals surface area contributed by atoms with Gasteiger partial charge in [0.1, 0.15) is 5.56 Å². The standard InChI is InChI=1S/C21H32O5/c1-12(11-22)6-5-7-13(2)15-9-8-14(3)18-16(15)10-17(21(25)26-4)19(23)20(18)24/h10,12-15,22-24H,5-9,11H2,1-4H3/t12-,13-,14+,15-/m0/s1. The van der Waals surface area contributed by atoms with Crippen LogP contribution in [-0.4, -0.2) is 35.0 Å². The van der Waals surface area contributed by atoms with Gasteiger partial charge in [0, 0.05) is 12.2 Å². The first-order valence-electron chi connectivity index (χ1n) is 9.59. The van der Waals surface area contributed by atoms with Gasteiger partial charge >= 0.3 is 5.97 Å². The van der Waals surface area contributed by atoms with E-state index >= 15 is 0 Å². The number of aliphatic hydroxyl groups excluding tert-OH is 1. The molecule has 1 aromatic rings. The van der Waals surface area contributed by atoms with E-state index in [1.165, 1.54) is 7.11 Å². The maximum Gasteiger partial charge on any atom is 0.341 e. The second-order valence-electron chi connectivity index (χ2n) is 7.90. The van der Waals surface area contributed by atoms with Gasteiger partial charge in [-0.25, -0.2) is 4.79 Å². The van der Waals surface area contributed by atoms with Crippen LogP contribution in [-0.2, 0) is 4.74 Å². The number of carbonyl (C=O) groups is 1. The van der Waals surface area contributed by atoms with Gasteiger partial charge in [0.05, 0.1) is 7.11 Å². The van der Waals surface area contributed by atoms with Crippen molar-refractivity contribution in [2.24, 2.45) is 11.8 Å². The monoisotopic (exact) mass is 364 g/mol. The van der Waals surface area contributed by atoms with E-state index in [9.17, 15) is 20.1 Å². The number of ether oxygens (including phenoxy) is 1. The number of esters is 1. The van der Waals surface area contributed by atoms with Crippen LogP contribution in [0.3, 0.4) is 0 Å². The van der Waals surface area contributed by atoms with Crippen LogP contribution in [0.4, 0.5) is 0 Å². The van der Waals surface area contributed by atoms with Crippen molar-refractivity contribution in [2.75, 3.05) is 13.7 Å². The zero-order valence-electron chi connectivity index (χ0n) is 16.3. The second-order valence-corrected chi connectivity index (χ2v) is 7.90. The highest BCUT2D eigenvalue weighted by atomic mass is 16.5. The Morgan fingerprint density at radius 3 is 2.54 bits per heavy atom. The van der Waals surface area contributed by atoms with Crippen LogP contribution in [0.15, 0.2) is 6.07 Å². The predicted octanol–water partition coefficient (Wildman–Crippen LogP) is 4.30. The zero-order valence-corrected chi connectivity index (χ0v) is 16.3. The van der Waals surface area contributed by atoms with Crippen LogP contribution in [0.1, 0.15) is 86.2 Å². The Labute approximate surface area is 156 Å². The van der Waals surface area contributed by atoms with Crippen molar-refractivity contribution >= 4 is 5.97 Å². The molecule has 5 nitrogen and oxygen atoms in total. The van der Waals surface area contributed by atoms with Crippen LogP contribution in [0, 0.1) is 11.8 Å². The second kappa shape index (κ2) is 8.76. The Morgan fingerprint density at radius 1 is 1.23 bits per heavy atom. The van der Waals surface area contributed by atoms with E-state index in [0.29, 0.717) is 11.8 Å². The van der Waals surface area contributed by atoms with E-state index in [1.54, 1.807) is 6.07 Å². The van der Waals surface area contributed by atoms with Crippen molar-refractivity contribution < 1.29 is 24.9 Å². The van der Waals surface area contributed by atoms with Crippen molar-refractivity contribution in [1.29, 1.82) is 0 Å².